The second-order valence-electron chi connectivity index (χ2n) is 7.83. The Bertz CT molecular complexity index is 748. The molecule has 0 aromatic heterocycles. The predicted molar refractivity (Wildman–Crippen MR) is 102 cm³/mol. The highest BCUT2D eigenvalue weighted by Crippen LogP contribution is 2.43. The van der Waals surface area contributed by atoms with Crippen LogP contribution < -0.4 is 0 Å². The first kappa shape index (κ1) is 16.4. The Balaban J connectivity index is 1.34. The molecule has 2 aliphatic rings. The third-order valence-corrected chi connectivity index (χ3v) is 6.15. The summed E-state index contributed by atoms with van der Waals surface area (Å²) in [4.78, 5) is 2.69. The number of nitrogens with zero attached hydrogens (tertiary/aromatic N) is 2. The molecule has 0 N–H and O–H groups in total. The number of hydrogen-bond donors (Lipinski definition) is 0. The van der Waals surface area contributed by atoms with Crippen molar-refractivity contribution >= 4 is 0 Å². The summed E-state index contributed by atoms with van der Waals surface area (Å²) in [5.74, 6) is 1.64. The van der Waals surface area contributed by atoms with Crippen molar-refractivity contribution < 1.29 is 0 Å². The van der Waals surface area contributed by atoms with Gasteiger partial charge < -0.3 is 4.90 Å². The van der Waals surface area contributed by atoms with Gasteiger partial charge in [-0.1, -0.05) is 36.4 Å². The highest BCUT2D eigenvalue weighted by molar-refractivity contribution is 5.64. The van der Waals surface area contributed by atoms with Gasteiger partial charge in [0, 0.05) is 12.6 Å². The monoisotopic (exact) mass is 330 g/mol. The molecule has 25 heavy (non-hydrogen) atoms. The molecule has 128 valence electrons. The van der Waals surface area contributed by atoms with Crippen LogP contribution in [0.1, 0.15) is 49.7 Å². The van der Waals surface area contributed by atoms with Gasteiger partial charge in [-0.25, -0.2) is 0 Å². The third kappa shape index (κ3) is 3.48. The zero-order valence-corrected chi connectivity index (χ0v) is 15.0. The first-order chi connectivity index (χ1) is 12.2. The van der Waals surface area contributed by atoms with Gasteiger partial charge in [-0.05, 0) is 79.8 Å². The quantitative estimate of drug-likeness (QED) is 0.770. The van der Waals surface area contributed by atoms with Gasteiger partial charge in [-0.3, -0.25) is 0 Å². The minimum absolute atomic E-state index is 0.716. The fourth-order valence-corrected chi connectivity index (χ4v) is 4.44. The topological polar surface area (TPSA) is 27.0 Å². The molecule has 0 amide bonds. The molecule has 0 radical (unpaired) electrons. The summed E-state index contributed by atoms with van der Waals surface area (Å²) >= 11 is 0. The van der Waals surface area contributed by atoms with Crippen molar-refractivity contribution in [1.29, 1.82) is 5.26 Å². The Morgan fingerprint density at radius 2 is 1.64 bits per heavy atom. The maximum absolute atomic E-state index is 8.90. The Kier molecular flexibility index (Phi) is 4.59. The lowest BCUT2D eigenvalue weighted by Gasteiger charge is -2.39. The van der Waals surface area contributed by atoms with Gasteiger partial charge >= 0.3 is 0 Å². The van der Waals surface area contributed by atoms with Crippen LogP contribution in [0.3, 0.4) is 0 Å². The summed E-state index contributed by atoms with van der Waals surface area (Å²) in [6, 6.07) is 19.9. The smallest absolute Gasteiger partial charge is 0.0991 e. The van der Waals surface area contributed by atoms with Gasteiger partial charge in [0.05, 0.1) is 11.6 Å². The summed E-state index contributed by atoms with van der Waals surface area (Å²) in [6.45, 7) is 4.99. The molecular weight excluding hydrogens is 304 g/mol. The van der Waals surface area contributed by atoms with Gasteiger partial charge in [0.25, 0.3) is 0 Å². The fourth-order valence-electron chi connectivity index (χ4n) is 4.44. The molecule has 1 atom stereocenters. The molecule has 2 nitrogen and oxygen atoms in total. The van der Waals surface area contributed by atoms with Crippen LogP contribution in [0.5, 0.6) is 0 Å². The van der Waals surface area contributed by atoms with E-state index in [4.69, 9.17) is 5.26 Å². The van der Waals surface area contributed by atoms with E-state index in [1.807, 2.05) is 24.3 Å². The molecule has 0 unspecified atom stereocenters. The van der Waals surface area contributed by atoms with Crippen LogP contribution in [-0.4, -0.2) is 24.0 Å². The second-order valence-corrected chi connectivity index (χ2v) is 7.83. The van der Waals surface area contributed by atoms with Crippen molar-refractivity contribution in [3.8, 4) is 17.2 Å². The Morgan fingerprint density at radius 1 is 1.00 bits per heavy atom. The SMILES string of the molecule is C[C@@H]1CCCN1CC1CC(c2ccc(-c3ccc(C#N)cc3)cc2)C1. The highest BCUT2D eigenvalue weighted by Gasteiger charge is 2.33. The summed E-state index contributed by atoms with van der Waals surface area (Å²) in [5.41, 5.74) is 4.62. The molecule has 1 saturated carbocycles. The van der Waals surface area contributed by atoms with E-state index >= 15 is 0 Å². The number of hydrogen-bond acceptors (Lipinski definition) is 2. The van der Waals surface area contributed by atoms with E-state index in [9.17, 15) is 0 Å². The third-order valence-electron chi connectivity index (χ3n) is 6.15. The van der Waals surface area contributed by atoms with E-state index in [1.165, 1.54) is 55.5 Å². The Morgan fingerprint density at radius 3 is 2.20 bits per heavy atom. The first-order valence-electron chi connectivity index (χ1n) is 9.57. The Labute approximate surface area is 151 Å². The van der Waals surface area contributed by atoms with Crippen LogP contribution in [0.2, 0.25) is 0 Å². The van der Waals surface area contributed by atoms with Crippen molar-refractivity contribution in [1.82, 2.24) is 4.90 Å². The van der Waals surface area contributed by atoms with E-state index in [0.717, 1.165) is 17.9 Å². The van der Waals surface area contributed by atoms with E-state index in [0.29, 0.717) is 5.56 Å². The summed E-state index contributed by atoms with van der Waals surface area (Å²) in [6.07, 6.45) is 5.46. The van der Waals surface area contributed by atoms with Crippen LogP contribution in [0, 0.1) is 17.2 Å². The Hall–Kier alpha value is -2.11. The summed E-state index contributed by atoms with van der Waals surface area (Å²) < 4.78 is 0. The number of likely N-dealkylation sites (tertiary alicyclic amines) is 1. The largest absolute Gasteiger partial charge is 0.300 e. The molecule has 1 saturated heterocycles. The molecule has 0 bridgehead atoms. The van der Waals surface area contributed by atoms with Crippen LogP contribution in [-0.2, 0) is 0 Å². The van der Waals surface area contributed by atoms with Gasteiger partial charge in [-0.2, -0.15) is 5.26 Å². The van der Waals surface area contributed by atoms with Crippen molar-refractivity contribution in [3.05, 3.63) is 59.7 Å². The first-order valence-corrected chi connectivity index (χ1v) is 9.57. The maximum Gasteiger partial charge on any atom is 0.0991 e. The molecule has 4 rings (SSSR count). The predicted octanol–water partition coefficient (Wildman–Crippen LogP) is 5.20. The molecule has 2 fully saturated rings. The average Bonchev–Trinajstić information content (AvgIpc) is 3.03. The van der Waals surface area contributed by atoms with E-state index in [2.05, 4.69) is 42.2 Å². The molecular formula is C23H26N2. The molecule has 2 aromatic carbocycles. The zero-order chi connectivity index (χ0) is 17.2. The maximum atomic E-state index is 8.90. The number of rotatable bonds is 4. The van der Waals surface area contributed by atoms with Crippen LogP contribution in [0.4, 0.5) is 0 Å². The molecule has 2 aromatic rings. The molecule has 2 heteroatoms. The lowest BCUT2D eigenvalue weighted by atomic mass is 9.71. The van der Waals surface area contributed by atoms with Crippen molar-refractivity contribution in [2.75, 3.05) is 13.1 Å². The lowest BCUT2D eigenvalue weighted by Crippen LogP contribution is -2.37. The van der Waals surface area contributed by atoms with Crippen LogP contribution in [0.25, 0.3) is 11.1 Å². The van der Waals surface area contributed by atoms with Crippen molar-refractivity contribution in [2.45, 2.75) is 44.6 Å². The van der Waals surface area contributed by atoms with Crippen LogP contribution in [0.15, 0.2) is 48.5 Å². The van der Waals surface area contributed by atoms with Crippen molar-refractivity contribution in [3.63, 3.8) is 0 Å². The average molecular weight is 330 g/mol. The molecule has 1 aliphatic heterocycles. The van der Waals surface area contributed by atoms with Gasteiger partial charge in [0.1, 0.15) is 0 Å². The van der Waals surface area contributed by atoms with E-state index < -0.39 is 0 Å². The molecule has 1 aliphatic carbocycles. The van der Waals surface area contributed by atoms with E-state index in [1.54, 1.807) is 0 Å². The number of nitriles is 1. The van der Waals surface area contributed by atoms with Crippen LogP contribution >= 0.6 is 0 Å². The van der Waals surface area contributed by atoms with Gasteiger partial charge in [-0.15, -0.1) is 0 Å². The lowest BCUT2D eigenvalue weighted by molar-refractivity contribution is 0.154. The van der Waals surface area contributed by atoms with Gasteiger partial charge in [0.2, 0.25) is 0 Å². The summed E-state index contributed by atoms with van der Waals surface area (Å²) in [7, 11) is 0. The minimum atomic E-state index is 0.716. The molecule has 0 spiro atoms. The van der Waals surface area contributed by atoms with E-state index in [-0.39, 0.29) is 0 Å². The standard InChI is InChI=1S/C23H26N2/c1-17-3-2-12-25(17)16-19-13-23(14-19)22-10-8-21(9-11-22)20-6-4-18(15-24)5-7-20/h4-11,17,19,23H,2-3,12-14,16H2,1H3/t17-,19?,23?/m1/s1. The second kappa shape index (κ2) is 7.02. The fraction of sp³-hybridized carbons (Fsp3) is 0.435. The normalized spacial score (nSPS) is 26.2. The number of benzene rings is 2. The minimum Gasteiger partial charge on any atom is -0.300 e. The molecule has 1 heterocycles. The van der Waals surface area contributed by atoms with Gasteiger partial charge in [0.15, 0.2) is 0 Å². The highest BCUT2D eigenvalue weighted by atomic mass is 15.2. The van der Waals surface area contributed by atoms with Crippen molar-refractivity contribution in [2.24, 2.45) is 5.92 Å². The zero-order valence-electron chi connectivity index (χ0n) is 15.0. The summed E-state index contributed by atoms with van der Waals surface area (Å²) in [5, 5.41) is 8.90.